The zero-order valence-electron chi connectivity index (χ0n) is 10.0. The fourth-order valence-electron chi connectivity index (χ4n) is 1.54. The molecule has 6 heteroatoms. The lowest BCUT2D eigenvalue weighted by atomic mass is 10.3. The molecule has 1 N–H and O–H groups in total. The van der Waals surface area contributed by atoms with Crippen LogP contribution in [0.15, 0.2) is 52.1 Å². The second-order valence-electron chi connectivity index (χ2n) is 3.95. The van der Waals surface area contributed by atoms with Gasteiger partial charge in [-0.25, -0.2) is 0 Å². The molecule has 0 aromatic carbocycles. The molecule has 2 aromatic rings. The maximum absolute atomic E-state index is 11.7. The van der Waals surface area contributed by atoms with Crippen molar-refractivity contribution in [3.63, 3.8) is 0 Å². The first-order valence-electron chi connectivity index (χ1n) is 5.67. The van der Waals surface area contributed by atoms with E-state index < -0.39 is 0 Å². The molecule has 0 aliphatic carbocycles. The maximum atomic E-state index is 11.7. The summed E-state index contributed by atoms with van der Waals surface area (Å²) in [5.41, 5.74) is 0.757. The normalized spacial score (nSPS) is 10.2. The van der Waals surface area contributed by atoms with Crippen molar-refractivity contribution in [3.05, 3.63) is 63.2 Å². The van der Waals surface area contributed by atoms with E-state index in [1.54, 1.807) is 24.7 Å². The van der Waals surface area contributed by atoms with Gasteiger partial charge in [-0.3, -0.25) is 14.6 Å². The fourth-order valence-corrected chi connectivity index (χ4v) is 1.92. The van der Waals surface area contributed by atoms with Crippen LogP contribution in [0.3, 0.4) is 0 Å². The van der Waals surface area contributed by atoms with Crippen molar-refractivity contribution in [2.75, 3.05) is 0 Å². The summed E-state index contributed by atoms with van der Waals surface area (Å²) >= 11 is 3.26. The number of pyridine rings is 2. The number of hydrogen-bond donors (Lipinski definition) is 1. The molecule has 2 aromatic heterocycles. The Kier molecular flexibility index (Phi) is 4.46. The Morgan fingerprint density at radius 3 is 2.74 bits per heavy atom. The maximum Gasteiger partial charge on any atom is 0.251 e. The second kappa shape index (κ2) is 6.29. The molecule has 0 bridgehead atoms. The standard InChI is InChI=1S/C13H12BrN3O2/c14-11-1-2-13(19)17(8-11)9-12(18)16-7-10-3-5-15-6-4-10/h1-6,8H,7,9H2,(H,16,18). The molecule has 19 heavy (non-hydrogen) atoms. The zero-order chi connectivity index (χ0) is 13.7. The number of aromatic nitrogens is 2. The molecule has 0 fully saturated rings. The molecule has 0 aliphatic rings. The molecular formula is C13H12BrN3O2. The van der Waals surface area contributed by atoms with Crippen LogP contribution in [0.2, 0.25) is 0 Å². The summed E-state index contributed by atoms with van der Waals surface area (Å²) in [6.07, 6.45) is 4.93. The van der Waals surface area contributed by atoms with Gasteiger partial charge in [-0.05, 0) is 39.7 Å². The van der Waals surface area contributed by atoms with Crippen LogP contribution < -0.4 is 10.9 Å². The smallest absolute Gasteiger partial charge is 0.251 e. The highest BCUT2D eigenvalue weighted by Crippen LogP contribution is 2.04. The SMILES string of the molecule is O=C(Cn1cc(Br)ccc1=O)NCc1ccncc1. The summed E-state index contributed by atoms with van der Waals surface area (Å²) in [6, 6.07) is 6.71. The van der Waals surface area contributed by atoms with Crippen LogP contribution in [0.1, 0.15) is 5.56 Å². The quantitative estimate of drug-likeness (QED) is 0.923. The third-order valence-electron chi connectivity index (χ3n) is 2.50. The van der Waals surface area contributed by atoms with Crippen molar-refractivity contribution in [1.29, 1.82) is 0 Å². The molecule has 0 unspecified atom stereocenters. The average Bonchev–Trinajstić information content (AvgIpc) is 2.42. The molecule has 1 amide bonds. The van der Waals surface area contributed by atoms with Crippen molar-refractivity contribution in [2.24, 2.45) is 0 Å². The predicted molar refractivity (Wildman–Crippen MR) is 74.5 cm³/mol. The number of rotatable bonds is 4. The van der Waals surface area contributed by atoms with Gasteiger partial charge in [0.1, 0.15) is 6.54 Å². The first-order valence-corrected chi connectivity index (χ1v) is 6.46. The van der Waals surface area contributed by atoms with Gasteiger partial charge in [0, 0.05) is 35.7 Å². The molecular weight excluding hydrogens is 310 g/mol. The third-order valence-corrected chi connectivity index (χ3v) is 2.97. The van der Waals surface area contributed by atoms with E-state index in [1.807, 2.05) is 12.1 Å². The van der Waals surface area contributed by atoms with E-state index in [0.29, 0.717) is 6.54 Å². The highest BCUT2D eigenvalue weighted by Gasteiger charge is 2.04. The van der Waals surface area contributed by atoms with Gasteiger partial charge in [0.15, 0.2) is 0 Å². The molecule has 2 heterocycles. The molecule has 0 saturated carbocycles. The lowest BCUT2D eigenvalue weighted by molar-refractivity contribution is -0.121. The van der Waals surface area contributed by atoms with Crippen molar-refractivity contribution in [3.8, 4) is 0 Å². The van der Waals surface area contributed by atoms with Crippen LogP contribution in [0.4, 0.5) is 0 Å². The molecule has 0 saturated heterocycles. The van der Waals surface area contributed by atoms with E-state index >= 15 is 0 Å². The van der Waals surface area contributed by atoms with E-state index in [9.17, 15) is 9.59 Å². The zero-order valence-corrected chi connectivity index (χ0v) is 11.6. The van der Waals surface area contributed by atoms with E-state index in [2.05, 4.69) is 26.2 Å². The monoisotopic (exact) mass is 321 g/mol. The second-order valence-corrected chi connectivity index (χ2v) is 4.86. The van der Waals surface area contributed by atoms with Crippen molar-refractivity contribution in [1.82, 2.24) is 14.9 Å². The molecule has 5 nitrogen and oxygen atoms in total. The number of halogens is 1. The van der Waals surface area contributed by atoms with Crippen LogP contribution in [-0.4, -0.2) is 15.5 Å². The Labute approximate surface area is 118 Å². The summed E-state index contributed by atoms with van der Waals surface area (Å²) in [5.74, 6) is -0.211. The van der Waals surface area contributed by atoms with Gasteiger partial charge in [0.05, 0.1) is 0 Å². The van der Waals surface area contributed by atoms with Crippen LogP contribution in [0, 0.1) is 0 Å². The summed E-state index contributed by atoms with van der Waals surface area (Å²) in [5, 5.41) is 2.75. The van der Waals surface area contributed by atoms with Crippen molar-refractivity contribution in [2.45, 2.75) is 13.1 Å². The van der Waals surface area contributed by atoms with Gasteiger partial charge in [0.25, 0.3) is 5.56 Å². The van der Waals surface area contributed by atoms with E-state index in [1.165, 1.54) is 10.6 Å². The number of amides is 1. The topological polar surface area (TPSA) is 64.0 Å². The third kappa shape index (κ3) is 4.03. The average molecular weight is 322 g/mol. The van der Waals surface area contributed by atoms with Crippen LogP contribution >= 0.6 is 15.9 Å². The summed E-state index contributed by atoms with van der Waals surface area (Å²) in [6.45, 7) is 0.424. The molecule has 0 atom stereocenters. The first kappa shape index (κ1) is 13.5. The van der Waals surface area contributed by atoms with E-state index in [0.717, 1.165) is 10.0 Å². The van der Waals surface area contributed by atoms with Gasteiger partial charge in [-0.1, -0.05) is 0 Å². The number of nitrogens with one attached hydrogen (secondary N) is 1. The summed E-state index contributed by atoms with van der Waals surface area (Å²) in [7, 11) is 0. The minimum absolute atomic E-state index is 0.00333. The minimum atomic E-state index is -0.211. The van der Waals surface area contributed by atoms with E-state index in [-0.39, 0.29) is 18.0 Å². The number of carbonyl (C=O) groups is 1. The fraction of sp³-hybridized carbons (Fsp3) is 0.154. The highest BCUT2D eigenvalue weighted by atomic mass is 79.9. The van der Waals surface area contributed by atoms with Gasteiger partial charge < -0.3 is 9.88 Å². The lowest BCUT2D eigenvalue weighted by Gasteiger charge is -2.07. The summed E-state index contributed by atoms with van der Waals surface area (Å²) < 4.78 is 2.11. The van der Waals surface area contributed by atoms with E-state index in [4.69, 9.17) is 0 Å². The van der Waals surface area contributed by atoms with Crippen molar-refractivity contribution < 1.29 is 4.79 Å². The highest BCUT2D eigenvalue weighted by molar-refractivity contribution is 9.10. The molecule has 0 spiro atoms. The van der Waals surface area contributed by atoms with Gasteiger partial charge in [0.2, 0.25) is 5.91 Å². The Hall–Kier alpha value is -1.95. The number of hydrogen-bond acceptors (Lipinski definition) is 3. The Morgan fingerprint density at radius 2 is 2.00 bits per heavy atom. The Morgan fingerprint density at radius 1 is 1.26 bits per heavy atom. The predicted octanol–water partition coefficient (Wildman–Crippen LogP) is 1.32. The van der Waals surface area contributed by atoms with Crippen LogP contribution in [0.25, 0.3) is 0 Å². The van der Waals surface area contributed by atoms with Crippen LogP contribution in [0.5, 0.6) is 0 Å². The number of nitrogens with zero attached hydrogens (tertiary/aromatic N) is 2. The van der Waals surface area contributed by atoms with Gasteiger partial charge in [-0.2, -0.15) is 0 Å². The minimum Gasteiger partial charge on any atom is -0.350 e. The van der Waals surface area contributed by atoms with Crippen LogP contribution in [-0.2, 0) is 17.9 Å². The largest absolute Gasteiger partial charge is 0.350 e. The summed E-state index contributed by atoms with van der Waals surface area (Å²) in [4.78, 5) is 27.2. The van der Waals surface area contributed by atoms with Gasteiger partial charge >= 0.3 is 0 Å². The first-order chi connectivity index (χ1) is 9.15. The Bertz CT molecular complexity index is 625. The molecule has 0 radical (unpaired) electrons. The molecule has 0 aliphatic heterocycles. The molecule has 98 valence electrons. The number of carbonyl (C=O) groups excluding carboxylic acids is 1. The Balaban J connectivity index is 1.95. The van der Waals surface area contributed by atoms with Gasteiger partial charge in [-0.15, -0.1) is 0 Å². The lowest BCUT2D eigenvalue weighted by Crippen LogP contribution is -2.31. The molecule has 2 rings (SSSR count). The van der Waals surface area contributed by atoms with Crippen molar-refractivity contribution >= 4 is 21.8 Å².